The predicted octanol–water partition coefficient (Wildman–Crippen LogP) is 1.64. The van der Waals surface area contributed by atoms with Crippen molar-refractivity contribution in [1.29, 1.82) is 0 Å². The van der Waals surface area contributed by atoms with Crippen LogP contribution in [0.5, 0.6) is 0 Å². The van der Waals surface area contributed by atoms with Crippen molar-refractivity contribution >= 4 is 17.4 Å². The van der Waals surface area contributed by atoms with Gasteiger partial charge < -0.3 is 14.5 Å². The van der Waals surface area contributed by atoms with Gasteiger partial charge in [0.25, 0.3) is 5.69 Å². The topological polar surface area (TPSA) is 92.0 Å². The Bertz CT molecular complexity index is 894. The van der Waals surface area contributed by atoms with E-state index in [2.05, 4.69) is 14.8 Å². The zero-order valence-corrected chi connectivity index (χ0v) is 16.8. The highest BCUT2D eigenvalue weighted by molar-refractivity contribution is 5.78. The number of carbonyl (C=O) groups excluding carboxylic acids is 1. The lowest BCUT2D eigenvalue weighted by Gasteiger charge is -2.37. The number of morpholine rings is 1. The zero-order valence-electron chi connectivity index (χ0n) is 16.8. The molecule has 2 aliphatic heterocycles. The summed E-state index contributed by atoms with van der Waals surface area (Å²) in [5.41, 5.74) is 1.07. The van der Waals surface area contributed by atoms with Crippen LogP contribution in [0, 0.1) is 10.1 Å². The van der Waals surface area contributed by atoms with Crippen LogP contribution < -0.4 is 4.90 Å². The van der Waals surface area contributed by atoms with E-state index in [4.69, 9.17) is 4.74 Å². The molecule has 1 aromatic heterocycles. The molecule has 158 valence electrons. The number of amides is 1. The molecule has 9 heteroatoms. The van der Waals surface area contributed by atoms with Crippen LogP contribution in [-0.2, 0) is 9.53 Å². The molecule has 2 fully saturated rings. The van der Waals surface area contributed by atoms with Crippen molar-refractivity contribution in [3.63, 3.8) is 0 Å². The minimum absolute atomic E-state index is 0.00993. The molecule has 1 aromatic carbocycles. The summed E-state index contributed by atoms with van der Waals surface area (Å²) >= 11 is 0. The van der Waals surface area contributed by atoms with E-state index in [1.165, 1.54) is 6.07 Å². The second kappa shape index (κ2) is 9.19. The molecule has 0 aliphatic carbocycles. The number of nitrogens with zero attached hydrogens (tertiary/aromatic N) is 5. The Balaban J connectivity index is 1.43. The molecular formula is C21H25N5O4. The lowest BCUT2D eigenvalue weighted by molar-refractivity contribution is -0.384. The Hall–Kier alpha value is -3.04. The lowest BCUT2D eigenvalue weighted by Crippen LogP contribution is -2.52. The molecule has 0 saturated carbocycles. The second-order valence-corrected chi connectivity index (χ2v) is 7.42. The van der Waals surface area contributed by atoms with Gasteiger partial charge in [-0.3, -0.25) is 19.8 Å². The van der Waals surface area contributed by atoms with Gasteiger partial charge in [-0.1, -0.05) is 30.3 Å². The fraction of sp³-hybridized carbons (Fsp3) is 0.429. The van der Waals surface area contributed by atoms with Crippen molar-refractivity contribution < 1.29 is 14.5 Å². The summed E-state index contributed by atoms with van der Waals surface area (Å²) in [7, 11) is 0. The molecule has 2 saturated heterocycles. The fourth-order valence-corrected chi connectivity index (χ4v) is 3.81. The number of hydrogen-bond donors (Lipinski definition) is 0. The van der Waals surface area contributed by atoms with Crippen molar-refractivity contribution in [2.24, 2.45) is 0 Å². The molecule has 2 aromatic rings. The van der Waals surface area contributed by atoms with E-state index in [9.17, 15) is 14.9 Å². The minimum Gasteiger partial charge on any atom is -0.379 e. The van der Waals surface area contributed by atoms with Gasteiger partial charge in [0.2, 0.25) is 5.91 Å². The summed E-state index contributed by atoms with van der Waals surface area (Å²) in [5.74, 6) is 0.831. The van der Waals surface area contributed by atoms with Crippen molar-refractivity contribution in [2.75, 3.05) is 63.9 Å². The van der Waals surface area contributed by atoms with Crippen molar-refractivity contribution in [2.45, 2.75) is 0 Å². The van der Waals surface area contributed by atoms with Gasteiger partial charge in [0.1, 0.15) is 5.82 Å². The Morgan fingerprint density at radius 2 is 1.70 bits per heavy atom. The average molecular weight is 411 g/mol. The van der Waals surface area contributed by atoms with Crippen LogP contribution >= 0.6 is 0 Å². The fourth-order valence-electron chi connectivity index (χ4n) is 3.81. The third-order valence-electron chi connectivity index (χ3n) is 5.52. The highest BCUT2D eigenvalue weighted by Gasteiger charge is 2.25. The van der Waals surface area contributed by atoms with Gasteiger partial charge in [-0.15, -0.1) is 0 Å². The number of piperazine rings is 1. The van der Waals surface area contributed by atoms with E-state index in [0.29, 0.717) is 63.0 Å². The first-order valence-corrected chi connectivity index (χ1v) is 10.2. The third kappa shape index (κ3) is 4.58. The first kappa shape index (κ1) is 20.2. The molecule has 0 N–H and O–H groups in total. The van der Waals surface area contributed by atoms with Gasteiger partial charge in [-0.25, -0.2) is 4.98 Å². The molecule has 30 heavy (non-hydrogen) atoms. The summed E-state index contributed by atoms with van der Waals surface area (Å²) in [6.07, 6.45) is 0. The molecule has 0 bridgehead atoms. The van der Waals surface area contributed by atoms with Gasteiger partial charge >= 0.3 is 0 Å². The Labute approximate surface area is 175 Å². The lowest BCUT2D eigenvalue weighted by atomic mass is 10.1. The van der Waals surface area contributed by atoms with E-state index >= 15 is 0 Å². The number of rotatable bonds is 5. The maximum Gasteiger partial charge on any atom is 0.295 e. The summed E-state index contributed by atoms with van der Waals surface area (Å²) in [5, 5.41) is 11.5. The molecule has 0 atom stereocenters. The largest absolute Gasteiger partial charge is 0.379 e. The van der Waals surface area contributed by atoms with Gasteiger partial charge in [-0.05, 0) is 6.07 Å². The first-order valence-electron chi connectivity index (χ1n) is 10.2. The molecule has 2 aliphatic rings. The number of anilines is 1. The smallest absolute Gasteiger partial charge is 0.295 e. The van der Waals surface area contributed by atoms with Crippen LogP contribution in [0.3, 0.4) is 0 Å². The molecule has 0 unspecified atom stereocenters. The van der Waals surface area contributed by atoms with Crippen LogP contribution in [0.2, 0.25) is 0 Å². The maximum absolute atomic E-state index is 12.6. The number of carbonyl (C=O) groups is 1. The average Bonchev–Trinajstić information content (AvgIpc) is 2.80. The molecule has 0 spiro atoms. The number of pyridine rings is 1. The van der Waals surface area contributed by atoms with Gasteiger partial charge in [0.15, 0.2) is 5.69 Å². The van der Waals surface area contributed by atoms with E-state index in [0.717, 1.165) is 13.1 Å². The molecule has 3 heterocycles. The van der Waals surface area contributed by atoms with Crippen LogP contribution in [0.4, 0.5) is 11.5 Å². The molecule has 9 nitrogen and oxygen atoms in total. The van der Waals surface area contributed by atoms with Crippen molar-refractivity contribution in [3.05, 3.63) is 52.6 Å². The van der Waals surface area contributed by atoms with Gasteiger partial charge in [0, 0.05) is 50.9 Å². The van der Waals surface area contributed by atoms with Crippen LogP contribution in [0.25, 0.3) is 11.3 Å². The maximum atomic E-state index is 12.6. The number of aromatic nitrogens is 1. The zero-order chi connectivity index (χ0) is 20.9. The summed E-state index contributed by atoms with van der Waals surface area (Å²) in [6, 6.07) is 12.4. The minimum atomic E-state index is -0.401. The Morgan fingerprint density at radius 3 is 2.37 bits per heavy atom. The Kier molecular flexibility index (Phi) is 6.20. The highest BCUT2D eigenvalue weighted by Crippen LogP contribution is 2.30. The third-order valence-corrected chi connectivity index (χ3v) is 5.52. The summed E-state index contributed by atoms with van der Waals surface area (Å²) in [4.78, 5) is 34.4. The van der Waals surface area contributed by atoms with E-state index in [1.807, 2.05) is 35.2 Å². The SMILES string of the molecule is O=C(CN1CCOCC1)N1CCN(c2ccc([N+](=O)[O-])c(-c3ccccc3)n2)CC1. The quantitative estimate of drug-likeness (QED) is 0.545. The monoisotopic (exact) mass is 411 g/mol. The van der Waals surface area contributed by atoms with E-state index in [-0.39, 0.29) is 11.6 Å². The molecule has 4 rings (SSSR count). The van der Waals surface area contributed by atoms with Crippen molar-refractivity contribution in [1.82, 2.24) is 14.8 Å². The molecular weight excluding hydrogens is 386 g/mol. The summed E-state index contributed by atoms with van der Waals surface area (Å²) in [6.45, 7) is 5.89. The van der Waals surface area contributed by atoms with Gasteiger partial charge in [0.05, 0.1) is 24.7 Å². The van der Waals surface area contributed by atoms with Crippen LogP contribution in [0.1, 0.15) is 0 Å². The van der Waals surface area contributed by atoms with Crippen LogP contribution in [0.15, 0.2) is 42.5 Å². The summed E-state index contributed by atoms with van der Waals surface area (Å²) < 4.78 is 5.33. The van der Waals surface area contributed by atoms with Crippen molar-refractivity contribution in [3.8, 4) is 11.3 Å². The Morgan fingerprint density at radius 1 is 1.00 bits per heavy atom. The normalized spacial score (nSPS) is 17.7. The number of benzene rings is 1. The van der Waals surface area contributed by atoms with E-state index < -0.39 is 4.92 Å². The highest BCUT2D eigenvalue weighted by atomic mass is 16.6. The molecule has 1 amide bonds. The molecule has 0 radical (unpaired) electrons. The second-order valence-electron chi connectivity index (χ2n) is 7.42. The van der Waals surface area contributed by atoms with E-state index in [1.54, 1.807) is 6.07 Å². The standard InChI is InChI=1S/C21H25N5O4/c27-20(16-23-12-14-30-15-13-23)25-10-8-24(9-11-25)19-7-6-18(26(28)29)21(22-19)17-4-2-1-3-5-17/h1-7H,8-16H2. The predicted molar refractivity (Wildman–Crippen MR) is 112 cm³/mol. The number of nitro groups is 1. The number of ether oxygens (including phenoxy) is 1. The first-order chi connectivity index (χ1) is 14.6. The van der Waals surface area contributed by atoms with Crippen LogP contribution in [-0.4, -0.2) is 84.6 Å². The number of hydrogen-bond acceptors (Lipinski definition) is 7. The van der Waals surface area contributed by atoms with Gasteiger partial charge in [-0.2, -0.15) is 0 Å².